The van der Waals surface area contributed by atoms with E-state index < -0.39 is 0 Å². The molecule has 1 heterocycles. The van der Waals surface area contributed by atoms with E-state index in [0.29, 0.717) is 0 Å². The first kappa shape index (κ1) is 18.8. The van der Waals surface area contributed by atoms with Crippen LogP contribution in [-0.4, -0.2) is 4.98 Å². The van der Waals surface area contributed by atoms with Gasteiger partial charge in [-0.3, -0.25) is 0 Å². The van der Waals surface area contributed by atoms with E-state index in [-0.39, 0.29) is 0 Å². The molecule has 31 heavy (non-hydrogen) atoms. The normalized spacial score (nSPS) is 11.4. The summed E-state index contributed by atoms with van der Waals surface area (Å²) in [5, 5.41) is 1.14. The molecule has 0 atom stereocenters. The van der Waals surface area contributed by atoms with Gasteiger partial charge in [0.25, 0.3) is 0 Å². The van der Waals surface area contributed by atoms with Gasteiger partial charge in [-0.2, -0.15) is 0 Å². The number of hydrogen-bond acceptors (Lipinski definition) is 2. The molecule has 5 rings (SSSR count). The lowest BCUT2D eigenvalue weighted by atomic mass is 10.1. The Morgan fingerprint density at radius 1 is 0.548 bits per heavy atom. The van der Waals surface area contributed by atoms with Gasteiger partial charge in [0.2, 0.25) is 0 Å². The topological polar surface area (TPSA) is 16.1 Å². The van der Waals surface area contributed by atoms with Crippen molar-refractivity contribution in [3.63, 3.8) is 0 Å². The van der Waals surface area contributed by atoms with Gasteiger partial charge >= 0.3 is 0 Å². The number of para-hydroxylation sites is 3. The van der Waals surface area contributed by atoms with E-state index in [1.807, 2.05) is 30.3 Å². The highest BCUT2D eigenvalue weighted by molar-refractivity contribution is 5.96. The van der Waals surface area contributed by atoms with Crippen molar-refractivity contribution < 1.29 is 0 Å². The first-order chi connectivity index (χ1) is 15.4. The standard InChI is InChI=1S/C29H22N2/c1-4-12-23(13-5-1)22-29(28-21-20-24-14-10-11-19-27(24)30-28)31(25-15-6-2-7-16-25)26-17-8-3-9-18-26/h1-22H. The number of hydrogen-bond donors (Lipinski definition) is 0. The lowest BCUT2D eigenvalue weighted by molar-refractivity contribution is 1.24. The summed E-state index contributed by atoms with van der Waals surface area (Å²) >= 11 is 0. The number of anilines is 2. The van der Waals surface area contributed by atoms with E-state index in [0.717, 1.165) is 39.2 Å². The molecule has 0 N–H and O–H groups in total. The van der Waals surface area contributed by atoms with Crippen LogP contribution in [0.15, 0.2) is 127 Å². The van der Waals surface area contributed by atoms with Crippen molar-refractivity contribution in [3.05, 3.63) is 139 Å². The number of aromatic nitrogens is 1. The van der Waals surface area contributed by atoms with Gasteiger partial charge in [-0.1, -0.05) is 91.0 Å². The highest BCUT2D eigenvalue weighted by Gasteiger charge is 2.18. The Morgan fingerprint density at radius 2 is 1.10 bits per heavy atom. The van der Waals surface area contributed by atoms with Crippen LogP contribution in [0.2, 0.25) is 0 Å². The zero-order valence-corrected chi connectivity index (χ0v) is 17.1. The monoisotopic (exact) mass is 398 g/mol. The van der Waals surface area contributed by atoms with Gasteiger partial charge in [-0.05, 0) is 48.0 Å². The van der Waals surface area contributed by atoms with Gasteiger partial charge in [0.05, 0.1) is 16.9 Å². The third kappa shape index (κ3) is 4.10. The van der Waals surface area contributed by atoms with Gasteiger partial charge in [0.15, 0.2) is 0 Å². The summed E-state index contributed by atoms with van der Waals surface area (Å²) in [4.78, 5) is 7.30. The summed E-state index contributed by atoms with van der Waals surface area (Å²) < 4.78 is 0. The molecule has 0 saturated carbocycles. The Kier molecular flexibility index (Phi) is 5.27. The minimum atomic E-state index is 0.926. The van der Waals surface area contributed by atoms with Crippen LogP contribution in [0.3, 0.4) is 0 Å². The van der Waals surface area contributed by atoms with Crippen molar-refractivity contribution in [2.45, 2.75) is 0 Å². The van der Waals surface area contributed by atoms with E-state index in [9.17, 15) is 0 Å². The summed E-state index contributed by atoms with van der Waals surface area (Å²) in [5.41, 5.74) is 6.24. The predicted molar refractivity (Wildman–Crippen MR) is 131 cm³/mol. The Balaban J connectivity index is 1.76. The fourth-order valence-electron chi connectivity index (χ4n) is 3.75. The molecule has 4 aromatic carbocycles. The first-order valence-corrected chi connectivity index (χ1v) is 10.4. The summed E-state index contributed by atoms with van der Waals surface area (Å²) in [6.45, 7) is 0. The third-order valence-electron chi connectivity index (χ3n) is 5.23. The maximum Gasteiger partial charge on any atom is 0.0878 e. The Bertz CT molecular complexity index is 1270. The van der Waals surface area contributed by atoms with Crippen molar-refractivity contribution in [3.8, 4) is 0 Å². The first-order valence-electron chi connectivity index (χ1n) is 10.4. The number of rotatable bonds is 5. The smallest absolute Gasteiger partial charge is 0.0878 e. The van der Waals surface area contributed by atoms with Crippen LogP contribution in [0, 0.1) is 0 Å². The second kappa shape index (κ2) is 8.68. The molecule has 5 aromatic rings. The molecule has 0 aliphatic rings. The van der Waals surface area contributed by atoms with Gasteiger partial charge in [-0.25, -0.2) is 4.98 Å². The summed E-state index contributed by atoms with van der Waals surface area (Å²) in [7, 11) is 0. The Hall–Kier alpha value is -4.17. The van der Waals surface area contributed by atoms with E-state index >= 15 is 0 Å². The van der Waals surface area contributed by atoms with Crippen LogP contribution >= 0.6 is 0 Å². The van der Waals surface area contributed by atoms with Gasteiger partial charge in [-0.15, -0.1) is 0 Å². The molecule has 0 bridgehead atoms. The van der Waals surface area contributed by atoms with Crippen molar-refractivity contribution in [2.75, 3.05) is 4.90 Å². The largest absolute Gasteiger partial charge is 0.308 e. The molecule has 2 heteroatoms. The van der Waals surface area contributed by atoms with E-state index in [2.05, 4.69) is 108 Å². The SMILES string of the molecule is C(=C(c1ccc2ccccc2n1)N(c1ccccc1)c1ccccc1)c1ccccc1. The maximum atomic E-state index is 5.03. The summed E-state index contributed by atoms with van der Waals surface area (Å²) in [6, 6.07) is 43.8. The van der Waals surface area contributed by atoms with Gasteiger partial charge in [0, 0.05) is 16.8 Å². The maximum absolute atomic E-state index is 5.03. The molecule has 0 amide bonds. The fourth-order valence-corrected chi connectivity index (χ4v) is 3.75. The Morgan fingerprint density at radius 3 is 1.74 bits per heavy atom. The van der Waals surface area contributed by atoms with Crippen molar-refractivity contribution in [1.29, 1.82) is 0 Å². The zero-order valence-electron chi connectivity index (χ0n) is 17.1. The second-order valence-electron chi connectivity index (χ2n) is 7.34. The molecule has 0 unspecified atom stereocenters. The molecule has 2 nitrogen and oxygen atoms in total. The van der Waals surface area contributed by atoms with Crippen LogP contribution in [0.1, 0.15) is 11.3 Å². The van der Waals surface area contributed by atoms with E-state index in [1.54, 1.807) is 0 Å². The molecule has 0 saturated heterocycles. The van der Waals surface area contributed by atoms with Crippen molar-refractivity contribution in [1.82, 2.24) is 4.98 Å². The summed E-state index contributed by atoms with van der Waals surface area (Å²) in [5.74, 6) is 0. The van der Waals surface area contributed by atoms with Crippen LogP contribution < -0.4 is 4.90 Å². The number of fused-ring (bicyclic) bond motifs is 1. The quantitative estimate of drug-likeness (QED) is 0.303. The summed E-state index contributed by atoms with van der Waals surface area (Å²) in [6.07, 6.45) is 2.21. The molecule has 0 spiro atoms. The van der Waals surface area contributed by atoms with Crippen LogP contribution in [0.4, 0.5) is 11.4 Å². The van der Waals surface area contributed by atoms with Crippen LogP contribution in [0.25, 0.3) is 22.7 Å². The lowest BCUT2D eigenvalue weighted by Crippen LogP contribution is -2.16. The van der Waals surface area contributed by atoms with Gasteiger partial charge < -0.3 is 4.90 Å². The highest BCUT2D eigenvalue weighted by Crippen LogP contribution is 2.35. The van der Waals surface area contributed by atoms with E-state index in [4.69, 9.17) is 4.98 Å². The third-order valence-corrected chi connectivity index (χ3v) is 5.23. The average Bonchev–Trinajstić information content (AvgIpc) is 2.85. The molecule has 148 valence electrons. The number of pyridine rings is 1. The lowest BCUT2D eigenvalue weighted by Gasteiger charge is -2.28. The molecule has 0 aliphatic heterocycles. The number of nitrogens with zero attached hydrogens (tertiary/aromatic N) is 2. The average molecular weight is 399 g/mol. The molecular formula is C29H22N2. The zero-order chi connectivity index (χ0) is 20.9. The molecule has 0 fully saturated rings. The minimum absolute atomic E-state index is 0.926. The van der Waals surface area contributed by atoms with Crippen LogP contribution in [0.5, 0.6) is 0 Å². The molecular weight excluding hydrogens is 376 g/mol. The van der Waals surface area contributed by atoms with Gasteiger partial charge in [0.1, 0.15) is 0 Å². The fraction of sp³-hybridized carbons (Fsp3) is 0. The highest BCUT2D eigenvalue weighted by atomic mass is 15.2. The Labute approximate surface area is 182 Å². The minimum Gasteiger partial charge on any atom is -0.308 e. The second-order valence-corrected chi connectivity index (χ2v) is 7.34. The van der Waals surface area contributed by atoms with Crippen molar-refractivity contribution >= 4 is 34.1 Å². The molecule has 0 radical (unpaired) electrons. The van der Waals surface area contributed by atoms with Crippen molar-refractivity contribution in [2.24, 2.45) is 0 Å². The predicted octanol–water partition coefficient (Wildman–Crippen LogP) is 7.57. The number of benzene rings is 4. The molecule has 0 aliphatic carbocycles. The van der Waals surface area contributed by atoms with Crippen LogP contribution in [-0.2, 0) is 0 Å². The molecule has 1 aromatic heterocycles. The van der Waals surface area contributed by atoms with E-state index in [1.165, 1.54) is 0 Å².